The Hall–Kier alpha value is -3.74. The summed E-state index contributed by atoms with van der Waals surface area (Å²) in [6, 6.07) is 8.42. The van der Waals surface area contributed by atoms with Gasteiger partial charge in [-0.15, -0.1) is 0 Å². The number of amides is 1. The average Bonchev–Trinajstić information content (AvgIpc) is 3.12. The molecule has 0 atom stereocenters. The van der Waals surface area contributed by atoms with Crippen LogP contribution in [0.3, 0.4) is 0 Å². The van der Waals surface area contributed by atoms with Crippen molar-refractivity contribution in [3.63, 3.8) is 0 Å². The minimum absolute atomic E-state index is 0.321. The van der Waals surface area contributed by atoms with Gasteiger partial charge >= 0.3 is 5.97 Å². The first kappa shape index (κ1) is 18.1. The lowest BCUT2D eigenvalue weighted by Gasteiger charge is -2.05. The summed E-state index contributed by atoms with van der Waals surface area (Å²) in [5.74, 6) is -0.781. The lowest BCUT2D eigenvalue weighted by Crippen LogP contribution is -2.09. The van der Waals surface area contributed by atoms with Crippen molar-refractivity contribution >= 4 is 23.6 Å². The first-order chi connectivity index (χ1) is 13.1. The van der Waals surface area contributed by atoms with Crippen molar-refractivity contribution in [2.75, 3.05) is 12.4 Å². The minimum atomic E-state index is -0.460. The second kappa shape index (κ2) is 8.09. The number of ether oxygens (including phenoxy) is 1. The third kappa shape index (κ3) is 4.46. The summed E-state index contributed by atoms with van der Waals surface area (Å²) < 4.78 is 6.39. The van der Waals surface area contributed by atoms with Gasteiger partial charge in [0.25, 0.3) is 0 Å². The molecule has 2 heterocycles. The highest BCUT2D eigenvalue weighted by Gasteiger charge is 2.08. The molecule has 7 nitrogen and oxygen atoms in total. The molecule has 0 saturated heterocycles. The van der Waals surface area contributed by atoms with Crippen LogP contribution in [0.5, 0.6) is 0 Å². The predicted octanol–water partition coefficient (Wildman–Crippen LogP) is 2.92. The number of pyridine rings is 1. The molecule has 0 spiro atoms. The molecule has 2 aromatic heterocycles. The molecule has 1 N–H and O–H groups in total. The van der Waals surface area contributed by atoms with E-state index in [1.165, 1.54) is 13.2 Å². The van der Waals surface area contributed by atoms with Gasteiger partial charge < -0.3 is 10.1 Å². The molecule has 0 aliphatic rings. The highest BCUT2D eigenvalue weighted by molar-refractivity contribution is 6.03. The highest BCUT2D eigenvalue weighted by Crippen LogP contribution is 2.23. The van der Waals surface area contributed by atoms with E-state index in [0.29, 0.717) is 11.3 Å². The van der Waals surface area contributed by atoms with Crippen LogP contribution in [-0.4, -0.2) is 33.8 Å². The van der Waals surface area contributed by atoms with Gasteiger partial charge in [0, 0.05) is 48.5 Å². The fraction of sp³-hybridized carbons (Fsp3) is 0.100. The summed E-state index contributed by atoms with van der Waals surface area (Å²) >= 11 is 0. The van der Waals surface area contributed by atoms with Crippen molar-refractivity contribution in [3.8, 4) is 11.1 Å². The molecule has 0 radical (unpaired) electrons. The molecule has 0 aliphatic carbocycles. The molecule has 0 saturated carbocycles. The molecule has 7 heteroatoms. The highest BCUT2D eigenvalue weighted by atomic mass is 16.5. The van der Waals surface area contributed by atoms with Crippen LogP contribution in [0.4, 0.5) is 5.69 Å². The SMILES string of the molecule is COC(=O)c1cccc(NC(=O)/C=C/c2cnccc2-c2cnn(C)c2)c1. The molecule has 0 bridgehead atoms. The van der Waals surface area contributed by atoms with Crippen molar-refractivity contribution in [2.24, 2.45) is 7.05 Å². The van der Waals surface area contributed by atoms with E-state index in [0.717, 1.165) is 16.7 Å². The number of nitrogens with one attached hydrogen (secondary N) is 1. The molecule has 3 aromatic rings. The fourth-order valence-electron chi connectivity index (χ4n) is 2.55. The van der Waals surface area contributed by atoms with Gasteiger partial charge in [0.15, 0.2) is 0 Å². The molecule has 0 unspecified atom stereocenters. The Labute approximate surface area is 156 Å². The molecular formula is C20H18N4O3. The average molecular weight is 362 g/mol. The molecule has 0 fully saturated rings. The number of anilines is 1. The van der Waals surface area contributed by atoms with E-state index in [2.05, 4.69) is 20.1 Å². The van der Waals surface area contributed by atoms with Gasteiger partial charge in [0.05, 0.1) is 18.9 Å². The van der Waals surface area contributed by atoms with E-state index in [1.807, 2.05) is 19.3 Å². The number of aromatic nitrogens is 3. The maximum atomic E-state index is 12.2. The summed E-state index contributed by atoms with van der Waals surface area (Å²) in [6.07, 6.45) is 10.1. The number of methoxy groups -OCH3 is 1. The number of nitrogens with zero attached hydrogens (tertiary/aromatic N) is 3. The maximum absolute atomic E-state index is 12.2. The molecule has 1 aromatic carbocycles. The Morgan fingerprint density at radius 1 is 1.22 bits per heavy atom. The standard InChI is InChI=1S/C20H18N4O3/c1-24-13-16(12-22-24)18-8-9-21-11-15(18)6-7-19(25)23-17-5-3-4-14(10-17)20(26)27-2/h3-13H,1-2H3,(H,23,25)/b7-6+. The first-order valence-corrected chi connectivity index (χ1v) is 8.17. The van der Waals surface area contributed by atoms with Crippen LogP contribution in [-0.2, 0) is 16.6 Å². The fourth-order valence-corrected chi connectivity index (χ4v) is 2.55. The second-order valence-corrected chi connectivity index (χ2v) is 5.76. The predicted molar refractivity (Wildman–Crippen MR) is 102 cm³/mol. The van der Waals surface area contributed by atoms with Gasteiger partial charge in [0.2, 0.25) is 5.91 Å². The molecular weight excluding hydrogens is 344 g/mol. The minimum Gasteiger partial charge on any atom is -0.465 e. The van der Waals surface area contributed by atoms with Gasteiger partial charge in [0.1, 0.15) is 0 Å². The van der Waals surface area contributed by atoms with Gasteiger partial charge in [-0.1, -0.05) is 6.07 Å². The zero-order chi connectivity index (χ0) is 19.2. The van der Waals surface area contributed by atoms with Gasteiger partial charge in [-0.05, 0) is 35.9 Å². The van der Waals surface area contributed by atoms with Crippen LogP contribution in [0, 0.1) is 0 Å². The molecule has 3 rings (SSSR count). The van der Waals surface area contributed by atoms with E-state index < -0.39 is 5.97 Å². The smallest absolute Gasteiger partial charge is 0.337 e. The van der Waals surface area contributed by atoms with E-state index in [4.69, 9.17) is 0 Å². The van der Waals surface area contributed by atoms with Gasteiger partial charge in [-0.3, -0.25) is 14.5 Å². The van der Waals surface area contributed by atoms with E-state index in [1.54, 1.807) is 53.6 Å². The third-order valence-electron chi connectivity index (χ3n) is 3.83. The number of benzene rings is 1. The molecule has 136 valence electrons. The molecule has 0 aliphatic heterocycles. The Morgan fingerprint density at radius 3 is 2.81 bits per heavy atom. The number of aryl methyl sites for hydroxylation is 1. The van der Waals surface area contributed by atoms with Crippen LogP contribution in [0.25, 0.3) is 17.2 Å². The normalized spacial score (nSPS) is 10.7. The number of carbonyl (C=O) groups is 2. The largest absolute Gasteiger partial charge is 0.465 e. The molecule has 27 heavy (non-hydrogen) atoms. The Balaban J connectivity index is 1.76. The van der Waals surface area contributed by atoms with Crippen molar-refractivity contribution in [2.45, 2.75) is 0 Å². The number of rotatable bonds is 5. The summed E-state index contributed by atoms with van der Waals surface area (Å²) in [4.78, 5) is 27.9. The number of carbonyl (C=O) groups excluding carboxylic acids is 2. The van der Waals surface area contributed by atoms with Crippen molar-refractivity contribution in [3.05, 3.63) is 72.3 Å². The topological polar surface area (TPSA) is 86.1 Å². The van der Waals surface area contributed by atoms with E-state index in [-0.39, 0.29) is 5.91 Å². The van der Waals surface area contributed by atoms with Crippen LogP contribution in [0.2, 0.25) is 0 Å². The van der Waals surface area contributed by atoms with Crippen LogP contribution in [0.1, 0.15) is 15.9 Å². The summed E-state index contributed by atoms with van der Waals surface area (Å²) in [5.41, 5.74) is 3.53. The summed E-state index contributed by atoms with van der Waals surface area (Å²) in [6.45, 7) is 0. The zero-order valence-corrected chi connectivity index (χ0v) is 14.9. The van der Waals surface area contributed by atoms with Crippen molar-refractivity contribution in [1.82, 2.24) is 14.8 Å². The second-order valence-electron chi connectivity index (χ2n) is 5.76. The maximum Gasteiger partial charge on any atom is 0.337 e. The first-order valence-electron chi connectivity index (χ1n) is 8.17. The third-order valence-corrected chi connectivity index (χ3v) is 3.83. The Morgan fingerprint density at radius 2 is 2.07 bits per heavy atom. The summed E-state index contributed by atoms with van der Waals surface area (Å²) in [5, 5.41) is 6.89. The van der Waals surface area contributed by atoms with Crippen LogP contribution >= 0.6 is 0 Å². The number of hydrogen-bond acceptors (Lipinski definition) is 5. The number of esters is 1. The Kier molecular flexibility index (Phi) is 5.41. The van der Waals surface area contributed by atoms with Crippen molar-refractivity contribution in [1.29, 1.82) is 0 Å². The zero-order valence-electron chi connectivity index (χ0n) is 14.9. The number of hydrogen-bond donors (Lipinski definition) is 1. The van der Waals surface area contributed by atoms with Crippen LogP contribution in [0.15, 0.2) is 61.2 Å². The summed E-state index contributed by atoms with van der Waals surface area (Å²) in [7, 11) is 3.15. The van der Waals surface area contributed by atoms with Gasteiger partial charge in [-0.2, -0.15) is 5.10 Å². The van der Waals surface area contributed by atoms with Crippen LogP contribution < -0.4 is 5.32 Å². The Bertz CT molecular complexity index is 1010. The molecule has 1 amide bonds. The van der Waals surface area contributed by atoms with E-state index in [9.17, 15) is 9.59 Å². The van der Waals surface area contributed by atoms with E-state index >= 15 is 0 Å². The quantitative estimate of drug-likeness (QED) is 0.557. The lowest BCUT2D eigenvalue weighted by molar-refractivity contribution is -0.111. The monoisotopic (exact) mass is 362 g/mol. The van der Waals surface area contributed by atoms with Gasteiger partial charge in [-0.25, -0.2) is 4.79 Å². The van der Waals surface area contributed by atoms with Crippen molar-refractivity contribution < 1.29 is 14.3 Å². The lowest BCUT2D eigenvalue weighted by atomic mass is 10.0.